The number of methoxy groups -OCH3 is 1. The summed E-state index contributed by atoms with van der Waals surface area (Å²) >= 11 is 0. The largest absolute Gasteiger partial charge is 0.481 e. The van der Waals surface area contributed by atoms with Crippen LogP contribution in [-0.2, 0) is 9.53 Å². The number of likely N-dealkylation sites (tertiary alicyclic amines) is 1. The van der Waals surface area contributed by atoms with Gasteiger partial charge in [-0.2, -0.15) is 4.98 Å². The summed E-state index contributed by atoms with van der Waals surface area (Å²) in [5.74, 6) is 1.28. The second kappa shape index (κ2) is 9.52. The molecule has 9 heteroatoms. The van der Waals surface area contributed by atoms with E-state index in [-0.39, 0.29) is 24.7 Å². The number of hydrogen-bond donors (Lipinski definition) is 2. The number of aromatic nitrogens is 1. The summed E-state index contributed by atoms with van der Waals surface area (Å²) in [6, 6.07) is 3.69. The molecule has 9 nitrogen and oxygen atoms in total. The van der Waals surface area contributed by atoms with Crippen LogP contribution in [0.3, 0.4) is 0 Å². The van der Waals surface area contributed by atoms with Gasteiger partial charge in [-0.3, -0.25) is 10.1 Å². The number of carbonyl (C=O) groups excluding carboxylic acids is 2. The lowest BCUT2D eigenvalue weighted by molar-refractivity contribution is -0.139. The molecule has 176 valence electrons. The van der Waals surface area contributed by atoms with Gasteiger partial charge in [-0.1, -0.05) is 0 Å². The van der Waals surface area contributed by atoms with Gasteiger partial charge in [-0.25, -0.2) is 4.79 Å². The number of aliphatic hydroxyl groups is 1. The summed E-state index contributed by atoms with van der Waals surface area (Å²) in [7, 11) is 1.56. The van der Waals surface area contributed by atoms with Gasteiger partial charge >= 0.3 is 6.09 Å². The Balaban J connectivity index is 1.54. The van der Waals surface area contributed by atoms with Crippen molar-refractivity contribution in [1.82, 2.24) is 9.88 Å². The van der Waals surface area contributed by atoms with Gasteiger partial charge < -0.3 is 24.4 Å². The summed E-state index contributed by atoms with van der Waals surface area (Å²) in [6.07, 6.45) is 5.08. The van der Waals surface area contributed by atoms with E-state index in [0.717, 1.165) is 58.0 Å². The van der Waals surface area contributed by atoms with Crippen molar-refractivity contribution in [3.05, 3.63) is 12.1 Å². The third kappa shape index (κ3) is 4.48. The second-order valence-corrected chi connectivity index (χ2v) is 9.09. The Morgan fingerprint density at radius 2 is 2.03 bits per heavy atom. The molecule has 1 spiro atoms. The fraction of sp³-hybridized carbons (Fsp3) is 0.696. The Morgan fingerprint density at radius 3 is 2.75 bits per heavy atom. The van der Waals surface area contributed by atoms with Crippen LogP contribution in [0.15, 0.2) is 12.1 Å². The topological polar surface area (TPSA) is 104 Å². The third-order valence-electron chi connectivity index (χ3n) is 7.10. The van der Waals surface area contributed by atoms with Crippen LogP contribution in [0.5, 0.6) is 5.88 Å². The SMILES string of the molecule is CCOC(=O)Nc1ccc(OC)nc1N1CCC[C@@]2(CCN(C3CCC(O)CC3)C2=O)C1. The highest BCUT2D eigenvalue weighted by atomic mass is 16.5. The molecule has 1 saturated carbocycles. The van der Waals surface area contributed by atoms with Gasteiger partial charge in [0.15, 0.2) is 5.82 Å². The van der Waals surface area contributed by atoms with Crippen LogP contribution in [0.2, 0.25) is 0 Å². The molecule has 4 rings (SSSR count). The monoisotopic (exact) mass is 446 g/mol. The van der Waals surface area contributed by atoms with Gasteiger partial charge in [-0.15, -0.1) is 0 Å². The predicted octanol–water partition coefficient (Wildman–Crippen LogP) is 2.78. The van der Waals surface area contributed by atoms with E-state index in [1.807, 2.05) is 0 Å². The van der Waals surface area contributed by atoms with Crippen LogP contribution in [0.1, 0.15) is 51.9 Å². The van der Waals surface area contributed by atoms with Gasteiger partial charge in [0.2, 0.25) is 11.8 Å². The smallest absolute Gasteiger partial charge is 0.411 e. The number of hydrogen-bond acceptors (Lipinski definition) is 7. The molecule has 2 amide bonds. The van der Waals surface area contributed by atoms with E-state index in [1.54, 1.807) is 26.2 Å². The van der Waals surface area contributed by atoms with Crippen molar-refractivity contribution in [3.8, 4) is 5.88 Å². The molecule has 1 atom stereocenters. The van der Waals surface area contributed by atoms with Gasteiger partial charge in [-0.05, 0) is 57.9 Å². The lowest BCUT2D eigenvalue weighted by Gasteiger charge is -2.41. The molecule has 3 fully saturated rings. The number of rotatable bonds is 5. The second-order valence-electron chi connectivity index (χ2n) is 9.09. The number of ether oxygens (including phenoxy) is 2. The highest BCUT2D eigenvalue weighted by Crippen LogP contribution is 2.44. The molecule has 1 aromatic heterocycles. The first-order chi connectivity index (χ1) is 15.5. The molecule has 2 saturated heterocycles. The Morgan fingerprint density at radius 1 is 1.25 bits per heavy atom. The number of amides is 2. The number of piperidine rings is 1. The number of anilines is 2. The third-order valence-corrected chi connectivity index (χ3v) is 7.10. The lowest BCUT2D eigenvalue weighted by atomic mass is 9.78. The number of pyridine rings is 1. The first-order valence-electron chi connectivity index (χ1n) is 11.7. The number of nitrogens with one attached hydrogen (secondary N) is 1. The molecule has 0 unspecified atom stereocenters. The number of carbonyl (C=O) groups is 2. The predicted molar refractivity (Wildman–Crippen MR) is 120 cm³/mol. The maximum absolute atomic E-state index is 13.6. The standard InChI is InChI=1S/C23H34N4O5/c1-3-32-22(30)24-18-9-10-19(31-2)25-20(18)26-13-4-11-23(15-26)12-14-27(21(23)29)16-5-7-17(28)8-6-16/h9-10,16-17,28H,3-8,11-15H2,1-2H3,(H,24,30)/t16?,17?,23-/m1/s1. The summed E-state index contributed by atoms with van der Waals surface area (Å²) in [5, 5.41) is 12.6. The molecule has 3 heterocycles. The fourth-order valence-electron chi connectivity index (χ4n) is 5.42. The Hall–Kier alpha value is -2.55. The average Bonchev–Trinajstić information content (AvgIpc) is 3.10. The van der Waals surface area contributed by atoms with E-state index in [9.17, 15) is 14.7 Å². The van der Waals surface area contributed by atoms with Crippen LogP contribution in [0.25, 0.3) is 0 Å². The Bertz CT molecular complexity index is 842. The molecule has 0 bridgehead atoms. The molecule has 1 aliphatic carbocycles. The summed E-state index contributed by atoms with van der Waals surface area (Å²) in [5.41, 5.74) is 0.116. The van der Waals surface area contributed by atoms with Crippen molar-refractivity contribution < 1.29 is 24.2 Å². The minimum absolute atomic E-state index is 0.228. The van der Waals surface area contributed by atoms with E-state index >= 15 is 0 Å². The van der Waals surface area contributed by atoms with Crippen molar-refractivity contribution in [2.75, 3.05) is 43.6 Å². The minimum Gasteiger partial charge on any atom is -0.481 e. The molecule has 3 aliphatic rings. The number of aliphatic hydroxyl groups excluding tert-OH is 1. The summed E-state index contributed by atoms with van der Waals surface area (Å²) in [6.45, 7) is 4.12. The molecule has 0 aromatic carbocycles. The average molecular weight is 447 g/mol. The normalized spacial score (nSPS) is 28.2. The fourth-order valence-corrected chi connectivity index (χ4v) is 5.42. The summed E-state index contributed by atoms with van der Waals surface area (Å²) < 4.78 is 10.4. The summed E-state index contributed by atoms with van der Waals surface area (Å²) in [4.78, 5) is 34.4. The molecule has 2 aliphatic heterocycles. The van der Waals surface area contributed by atoms with Gasteiger partial charge in [0.1, 0.15) is 0 Å². The van der Waals surface area contributed by atoms with Crippen LogP contribution in [0.4, 0.5) is 16.3 Å². The van der Waals surface area contributed by atoms with Crippen LogP contribution in [0, 0.1) is 5.41 Å². The molecule has 32 heavy (non-hydrogen) atoms. The zero-order chi connectivity index (χ0) is 22.7. The maximum Gasteiger partial charge on any atom is 0.411 e. The van der Waals surface area contributed by atoms with Gasteiger partial charge in [0, 0.05) is 31.7 Å². The van der Waals surface area contributed by atoms with Crippen LogP contribution < -0.4 is 15.0 Å². The van der Waals surface area contributed by atoms with Crippen molar-refractivity contribution >= 4 is 23.5 Å². The van der Waals surface area contributed by atoms with Crippen molar-refractivity contribution in [2.24, 2.45) is 5.41 Å². The van der Waals surface area contributed by atoms with Gasteiger partial charge in [0.25, 0.3) is 0 Å². The van der Waals surface area contributed by atoms with Crippen molar-refractivity contribution in [2.45, 2.75) is 64.0 Å². The van der Waals surface area contributed by atoms with E-state index in [2.05, 4.69) is 20.1 Å². The molecule has 0 radical (unpaired) electrons. The number of nitrogens with zero attached hydrogens (tertiary/aromatic N) is 3. The first-order valence-corrected chi connectivity index (χ1v) is 11.7. The zero-order valence-corrected chi connectivity index (χ0v) is 19.0. The molecule has 2 N–H and O–H groups in total. The zero-order valence-electron chi connectivity index (χ0n) is 19.0. The van der Waals surface area contributed by atoms with E-state index in [4.69, 9.17) is 9.47 Å². The van der Waals surface area contributed by atoms with Crippen molar-refractivity contribution in [1.29, 1.82) is 0 Å². The Kier molecular flexibility index (Phi) is 6.74. The van der Waals surface area contributed by atoms with E-state index in [0.29, 0.717) is 23.9 Å². The van der Waals surface area contributed by atoms with E-state index in [1.165, 1.54) is 0 Å². The maximum atomic E-state index is 13.6. The quantitative estimate of drug-likeness (QED) is 0.717. The first kappa shape index (κ1) is 22.6. The van der Waals surface area contributed by atoms with Crippen molar-refractivity contribution in [3.63, 3.8) is 0 Å². The molecular formula is C23H34N4O5. The highest BCUT2D eigenvalue weighted by molar-refractivity contribution is 5.90. The highest BCUT2D eigenvalue weighted by Gasteiger charge is 2.51. The van der Waals surface area contributed by atoms with Gasteiger partial charge in [0.05, 0.1) is 30.9 Å². The minimum atomic E-state index is -0.532. The molecular weight excluding hydrogens is 412 g/mol. The van der Waals surface area contributed by atoms with Crippen LogP contribution >= 0.6 is 0 Å². The molecule has 1 aromatic rings. The van der Waals surface area contributed by atoms with E-state index < -0.39 is 11.5 Å². The lowest BCUT2D eigenvalue weighted by Crippen LogP contribution is -2.50. The van der Waals surface area contributed by atoms with Crippen LogP contribution in [-0.4, -0.2) is 72.5 Å². The Labute approximate surface area is 189 Å².